The number of ketones is 1. The minimum absolute atomic E-state index is 0.0774. The molecule has 0 amide bonds. The molecule has 1 aromatic carbocycles. The van der Waals surface area contributed by atoms with E-state index in [-0.39, 0.29) is 5.78 Å². The summed E-state index contributed by atoms with van der Waals surface area (Å²) in [7, 11) is 0. The molecule has 0 unspecified atom stereocenters. The largest absolute Gasteiger partial charge is 0.287 e. The van der Waals surface area contributed by atoms with Gasteiger partial charge in [0.05, 0.1) is 12.5 Å². The van der Waals surface area contributed by atoms with Gasteiger partial charge in [-0.05, 0) is 5.56 Å². The van der Waals surface area contributed by atoms with Gasteiger partial charge in [-0.1, -0.05) is 30.3 Å². The van der Waals surface area contributed by atoms with Crippen molar-refractivity contribution in [1.82, 2.24) is 0 Å². The molecule has 0 bridgehead atoms. The molecule has 2 aromatic rings. The second-order valence-electron chi connectivity index (χ2n) is 4.00. The van der Waals surface area contributed by atoms with Crippen LogP contribution in [0.3, 0.4) is 0 Å². The lowest BCUT2D eigenvalue weighted by atomic mass is 10.1. The van der Waals surface area contributed by atoms with Gasteiger partial charge in [-0.3, -0.25) is 4.79 Å². The topological polar surface area (TPSA) is 44.7 Å². The van der Waals surface area contributed by atoms with Gasteiger partial charge in [-0.2, -0.15) is 9.83 Å². The molecular weight excluding hydrogens is 224 g/mol. The highest BCUT2D eigenvalue weighted by molar-refractivity contribution is 5.94. The predicted molar refractivity (Wildman–Crippen MR) is 66.7 cm³/mol. The molecule has 1 aromatic heterocycles. The Hall–Kier alpha value is -2.47. The number of carbonyl (C=O) groups excluding carboxylic acids is 1. The van der Waals surface area contributed by atoms with Crippen LogP contribution in [0.4, 0.5) is 0 Å². The van der Waals surface area contributed by atoms with Crippen molar-refractivity contribution in [2.45, 2.75) is 13.0 Å². The third-order valence-electron chi connectivity index (χ3n) is 2.67. The zero-order valence-electron chi connectivity index (χ0n) is 9.91. The number of hydrogen-bond donors (Lipinski definition) is 0. The van der Waals surface area contributed by atoms with E-state index in [2.05, 4.69) is 6.07 Å². The first-order chi connectivity index (χ1) is 8.79. The fourth-order valence-corrected chi connectivity index (χ4v) is 1.68. The zero-order chi connectivity index (χ0) is 12.8. The highest BCUT2D eigenvalue weighted by Gasteiger charge is 2.11. The van der Waals surface area contributed by atoms with Crippen LogP contribution in [-0.4, -0.2) is 5.78 Å². The Labute approximate surface area is 106 Å². The normalized spacial score (nSPS) is 9.72. The molecule has 0 saturated heterocycles. The standard InChI is InChI=1S/C15H13N2O/c16-9-6-13-7-10-17(11-8-13)12-15(18)14-4-2-1-3-5-14/h1-5,7-8,10-11H,6,12H2/q+1. The third-order valence-corrected chi connectivity index (χ3v) is 2.67. The van der Waals surface area contributed by atoms with Gasteiger partial charge in [-0.25, -0.2) is 0 Å². The van der Waals surface area contributed by atoms with E-state index in [0.29, 0.717) is 18.5 Å². The van der Waals surface area contributed by atoms with Crippen LogP contribution in [0.25, 0.3) is 0 Å². The van der Waals surface area contributed by atoms with E-state index in [0.717, 1.165) is 5.56 Å². The predicted octanol–water partition coefficient (Wildman–Crippen LogP) is 1.92. The van der Waals surface area contributed by atoms with Crippen LogP contribution in [0.15, 0.2) is 54.9 Å². The van der Waals surface area contributed by atoms with Gasteiger partial charge in [0.2, 0.25) is 12.3 Å². The molecular formula is C15H13N2O+. The first-order valence-corrected chi connectivity index (χ1v) is 5.73. The molecule has 3 heteroatoms. The van der Waals surface area contributed by atoms with E-state index >= 15 is 0 Å². The first-order valence-electron chi connectivity index (χ1n) is 5.73. The number of hydrogen-bond acceptors (Lipinski definition) is 2. The van der Waals surface area contributed by atoms with Crippen LogP contribution < -0.4 is 4.57 Å². The smallest absolute Gasteiger partial charge is 0.227 e. The van der Waals surface area contributed by atoms with Crippen LogP contribution >= 0.6 is 0 Å². The van der Waals surface area contributed by atoms with Crippen LogP contribution in [0.2, 0.25) is 0 Å². The van der Waals surface area contributed by atoms with E-state index in [9.17, 15) is 4.79 Å². The van der Waals surface area contributed by atoms with E-state index in [4.69, 9.17) is 5.26 Å². The SMILES string of the molecule is N#CCc1cc[n+](CC(=O)c2ccccc2)cc1. The lowest BCUT2D eigenvalue weighted by Gasteiger charge is -1.98. The van der Waals surface area contributed by atoms with E-state index in [1.54, 1.807) is 0 Å². The summed E-state index contributed by atoms with van der Waals surface area (Å²) in [6.45, 7) is 0.316. The molecule has 0 saturated carbocycles. The van der Waals surface area contributed by atoms with Crippen molar-refractivity contribution in [1.29, 1.82) is 5.26 Å². The lowest BCUT2D eigenvalue weighted by molar-refractivity contribution is -0.683. The van der Waals surface area contributed by atoms with Gasteiger partial charge in [0.15, 0.2) is 12.4 Å². The van der Waals surface area contributed by atoms with Crippen molar-refractivity contribution in [3.8, 4) is 6.07 Å². The quantitative estimate of drug-likeness (QED) is 0.602. The molecule has 3 nitrogen and oxygen atoms in total. The number of Topliss-reactive ketones (excluding diaryl/α,β-unsaturated/α-hetero) is 1. The summed E-state index contributed by atoms with van der Waals surface area (Å²) in [6, 6.07) is 15.0. The van der Waals surface area contributed by atoms with Crippen molar-refractivity contribution in [3.63, 3.8) is 0 Å². The number of benzene rings is 1. The van der Waals surface area contributed by atoms with Gasteiger partial charge in [0.1, 0.15) is 0 Å². The van der Waals surface area contributed by atoms with Crippen LogP contribution in [0.5, 0.6) is 0 Å². The Bertz CT molecular complexity index is 568. The minimum Gasteiger partial charge on any atom is -0.287 e. The van der Waals surface area contributed by atoms with Crippen molar-refractivity contribution in [3.05, 3.63) is 66.0 Å². The van der Waals surface area contributed by atoms with Crippen molar-refractivity contribution in [2.75, 3.05) is 0 Å². The highest BCUT2D eigenvalue weighted by Crippen LogP contribution is 2.00. The van der Waals surface area contributed by atoms with Gasteiger partial charge in [-0.15, -0.1) is 0 Å². The molecule has 0 atom stereocenters. The molecule has 0 aliphatic rings. The Kier molecular flexibility index (Phi) is 3.83. The number of carbonyl (C=O) groups is 1. The highest BCUT2D eigenvalue weighted by atomic mass is 16.1. The van der Waals surface area contributed by atoms with Crippen molar-refractivity contribution >= 4 is 5.78 Å². The van der Waals surface area contributed by atoms with Crippen molar-refractivity contribution < 1.29 is 9.36 Å². The fraction of sp³-hybridized carbons (Fsp3) is 0.133. The Morgan fingerprint density at radius 3 is 2.39 bits per heavy atom. The molecule has 0 aliphatic carbocycles. The van der Waals surface area contributed by atoms with Gasteiger partial charge < -0.3 is 0 Å². The number of nitriles is 1. The molecule has 18 heavy (non-hydrogen) atoms. The molecule has 0 radical (unpaired) electrons. The molecule has 88 valence electrons. The summed E-state index contributed by atoms with van der Waals surface area (Å²) in [6.07, 6.45) is 4.05. The van der Waals surface area contributed by atoms with E-state index < -0.39 is 0 Å². The van der Waals surface area contributed by atoms with Crippen LogP contribution in [0, 0.1) is 11.3 Å². The molecule has 0 fully saturated rings. The van der Waals surface area contributed by atoms with Crippen molar-refractivity contribution in [2.24, 2.45) is 0 Å². The molecule has 0 spiro atoms. The Morgan fingerprint density at radius 2 is 1.78 bits per heavy atom. The Morgan fingerprint density at radius 1 is 1.11 bits per heavy atom. The monoisotopic (exact) mass is 237 g/mol. The minimum atomic E-state index is 0.0774. The lowest BCUT2D eigenvalue weighted by Crippen LogP contribution is -2.37. The molecule has 0 N–H and O–H groups in total. The van der Waals surface area contributed by atoms with Gasteiger partial charge in [0.25, 0.3) is 0 Å². The average Bonchev–Trinajstić information content (AvgIpc) is 2.42. The summed E-state index contributed by atoms with van der Waals surface area (Å²) < 4.78 is 1.82. The maximum atomic E-state index is 12.0. The molecule has 0 aliphatic heterocycles. The first kappa shape index (κ1) is 12.0. The number of pyridine rings is 1. The number of rotatable bonds is 4. The van der Waals surface area contributed by atoms with E-state index in [1.807, 2.05) is 59.4 Å². The van der Waals surface area contributed by atoms with Gasteiger partial charge in [0, 0.05) is 17.7 Å². The summed E-state index contributed by atoms with van der Waals surface area (Å²) in [5.41, 5.74) is 1.67. The summed E-state index contributed by atoms with van der Waals surface area (Å²) >= 11 is 0. The third kappa shape index (κ3) is 3.02. The number of nitrogens with zero attached hydrogens (tertiary/aromatic N) is 2. The molecule has 2 rings (SSSR count). The van der Waals surface area contributed by atoms with Crippen LogP contribution in [0.1, 0.15) is 15.9 Å². The number of aromatic nitrogens is 1. The summed E-state index contributed by atoms with van der Waals surface area (Å²) in [4.78, 5) is 12.0. The second kappa shape index (κ2) is 5.74. The second-order valence-corrected chi connectivity index (χ2v) is 4.00. The zero-order valence-corrected chi connectivity index (χ0v) is 9.91. The van der Waals surface area contributed by atoms with Crippen LogP contribution in [-0.2, 0) is 13.0 Å². The van der Waals surface area contributed by atoms with E-state index in [1.165, 1.54) is 0 Å². The average molecular weight is 237 g/mol. The maximum Gasteiger partial charge on any atom is 0.227 e. The summed E-state index contributed by atoms with van der Waals surface area (Å²) in [5.74, 6) is 0.0774. The maximum absolute atomic E-state index is 12.0. The Balaban J connectivity index is 2.06. The summed E-state index contributed by atoms with van der Waals surface area (Å²) in [5, 5.41) is 8.57. The van der Waals surface area contributed by atoms with Gasteiger partial charge >= 0.3 is 0 Å². The molecule has 1 heterocycles. The fourth-order valence-electron chi connectivity index (χ4n) is 1.68.